The summed E-state index contributed by atoms with van der Waals surface area (Å²) in [7, 11) is 0. The van der Waals surface area contributed by atoms with E-state index in [1.807, 2.05) is 24.3 Å². The molecule has 0 spiro atoms. The molecule has 4 N–H and O–H groups in total. The van der Waals surface area contributed by atoms with E-state index >= 15 is 0 Å². The number of carboxylic acid groups (broad SMARTS) is 1. The van der Waals surface area contributed by atoms with Crippen LogP contribution in [0.4, 0.5) is 0 Å². The number of carbonyl (C=O) groups excluding carboxylic acids is 1. The first kappa shape index (κ1) is 13.9. The smallest absolute Gasteiger partial charge is 0.326 e. The minimum absolute atomic E-state index is 0.142. The van der Waals surface area contributed by atoms with Gasteiger partial charge in [0.15, 0.2) is 0 Å². The van der Waals surface area contributed by atoms with Crippen molar-refractivity contribution in [1.29, 1.82) is 0 Å². The molecule has 0 aliphatic rings. The Kier molecular flexibility index (Phi) is 3.61. The molecule has 3 aromatic rings. The molecule has 7 nitrogen and oxygen atoms in total. The molecule has 7 heteroatoms. The highest BCUT2D eigenvalue weighted by molar-refractivity contribution is 6.07. The number of amides is 1. The summed E-state index contributed by atoms with van der Waals surface area (Å²) in [6.07, 6.45) is 4.72. The molecule has 0 radical (unpaired) electrons. The highest BCUT2D eigenvalue weighted by Gasteiger charge is 2.23. The van der Waals surface area contributed by atoms with E-state index in [0.29, 0.717) is 11.3 Å². The number of hydrogen-bond acceptors (Lipinski definition) is 3. The normalized spacial score (nSPS) is 12.2. The summed E-state index contributed by atoms with van der Waals surface area (Å²) in [4.78, 5) is 33.3. The molecule has 2 aromatic heterocycles. The first-order chi connectivity index (χ1) is 10.6. The number of benzene rings is 1. The summed E-state index contributed by atoms with van der Waals surface area (Å²) in [6, 6.07) is 6.32. The Balaban J connectivity index is 1.80. The van der Waals surface area contributed by atoms with E-state index < -0.39 is 17.9 Å². The van der Waals surface area contributed by atoms with Gasteiger partial charge in [0.1, 0.15) is 6.04 Å². The second-order valence-corrected chi connectivity index (χ2v) is 4.89. The van der Waals surface area contributed by atoms with Crippen LogP contribution < -0.4 is 5.32 Å². The van der Waals surface area contributed by atoms with Gasteiger partial charge in [-0.3, -0.25) is 4.79 Å². The summed E-state index contributed by atoms with van der Waals surface area (Å²) in [6.45, 7) is 0. The van der Waals surface area contributed by atoms with E-state index in [4.69, 9.17) is 0 Å². The van der Waals surface area contributed by atoms with E-state index in [1.165, 1.54) is 12.5 Å². The third-order valence-corrected chi connectivity index (χ3v) is 3.42. The minimum Gasteiger partial charge on any atom is -0.480 e. The van der Waals surface area contributed by atoms with Gasteiger partial charge in [-0.15, -0.1) is 0 Å². The van der Waals surface area contributed by atoms with E-state index in [9.17, 15) is 14.7 Å². The molecule has 0 saturated heterocycles. The number of nitrogens with zero attached hydrogens (tertiary/aromatic N) is 1. The summed E-state index contributed by atoms with van der Waals surface area (Å²) < 4.78 is 0. The monoisotopic (exact) mass is 298 g/mol. The number of imidazole rings is 1. The van der Waals surface area contributed by atoms with Crippen LogP contribution >= 0.6 is 0 Å². The number of carbonyl (C=O) groups is 2. The summed E-state index contributed by atoms with van der Waals surface area (Å²) in [5.41, 5.74) is 1.89. The maximum absolute atomic E-state index is 12.3. The van der Waals surface area contributed by atoms with E-state index in [0.717, 1.165) is 10.9 Å². The third-order valence-electron chi connectivity index (χ3n) is 3.42. The molecule has 2 heterocycles. The zero-order valence-electron chi connectivity index (χ0n) is 11.5. The molecular weight excluding hydrogens is 284 g/mol. The van der Waals surface area contributed by atoms with Gasteiger partial charge in [-0.2, -0.15) is 0 Å². The summed E-state index contributed by atoms with van der Waals surface area (Å²) >= 11 is 0. The van der Waals surface area contributed by atoms with E-state index in [1.54, 1.807) is 6.20 Å². The van der Waals surface area contributed by atoms with Gasteiger partial charge in [0.05, 0.1) is 11.9 Å². The minimum atomic E-state index is -1.09. The van der Waals surface area contributed by atoms with Crippen molar-refractivity contribution in [2.45, 2.75) is 12.5 Å². The second kappa shape index (κ2) is 5.72. The predicted octanol–water partition coefficient (Wildman–Crippen LogP) is 1.32. The van der Waals surface area contributed by atoms with Crippen LogP contribution in [-0.2, 0) is 11.2 Å². The lowest BCUT2D eigenvalue weighted by atomic mass is 10.1. The van der Waals surface area contributed by atoms with Crippen molar-refractivity contribution in [3.05, 3.63) is 54.2 Å². The Hall–Kier alpha value is -3.09. The Morgan fingerprint density at radius 2 is 2.09 bits per heavy atom. The van der Waals surface area contributed by atoms with Gasteiger partial charge in [-0.25, -0.2) is 9.78 Å². The van der Waals surface area contributed by atoms with Gasteiger partial charge in [0.2, 0.25) is 0 Å². The second-order valence-electron chi connectivity index (χ2n) is 4.89. The molecule has 22 heavy (non-hydrogen) atoms. The van der Waals surface area contributed by atoms with Gasteiger partial charge in [-0.05, 0) is 6.07 Å². The van der Waals surface area contributed by atoms with Crippen LogP contribution in [0.2, 0.25) is 0 Å². The largest absolute Gasteiger partial charge is 0.480 e. The lowest BCUT2D eigenvalue weighted by Crippen LogP contribution is -2.42. The third kappa shape index (κ3) is 2.69. The van der Waals surface area contributed by atoms with Crippen LogP contribution in [-0.4, -0.2) is 38.0 Å². The molecule has 3 rings (SSSR count). The Labute approximate surface area is 125 Å². The topological polar surface area (TPSA) is 111 Å². The van der Waals surface area contributed by atoms with Crippen molar-refractivity contribution in [2.75, 3.05) is 0 Å². The van der Waals surface area contributed by atoms with E-state index in [-0.39, 0.29) is 6.42 Å². The fourth-order valence-corrected chi connectivity index (χ4v) is 2.31. The average Bonchev–Trinajstić information content (AvgIpc) is 3.15. The zero-order valence-corrected chi connectivity index (χ0v) is 11.5. The summed E-state index contributed by atoms with van der Waals surface area (Å²) in [5, 5.41) is 12.6. The zero-order chi connectivity index (χ0) is 15.5. The van der Waals surface area contributed by atoms with Crippen molar-refractivity contribution in [1.82, 2.24) is 20.3 Å². The van der Waals surface area contributed by atoms with Crippen molar-refractivity contribution in [3.8, 4) is 0 Å². The highest BCUT2D eigenvalue weighted by atomic mass is 16.4. The van der Waals surface area contributed by atoms with Crippen LogP contribution in [0.3, 0.4) is 0 Å². The maximum atomic E-state index is 12.3. The van der Waals surface area contributed by atoms with Gasteiger partial charge in [0.25, 0.3) is 5.91 Å². The number of para-hydroxylation sites is 1. The number of carboxylic acids is 1. The molecule has 0 aliphatic heterocycles. The standard InChI is InChI=1S/C15H14N4O3/c20-14(11-7-17-12-4-2-1-3-10(11)12)19-13(15(21)22)5-9-6-16-8-18-9/h1-4,6-8,13,17H,5H2,(H,16,18)(H,19,20)(H,21,22). The number of H-pyrrole nitrogens is 2. The van der Waals surface area contributed by atoms with Crippen molar-refractivity contribution in [3.63, 3.8) is 0 Å². The average molecular weight is 298 g/mol. The van der Waals surface area contributed by atoms with Gasteiger partial charge in [-0.1, -0.05) is 18.2 Å². The van der Waals surface area contributed by atoms with Crippen molar-refractivity contribution >= 4 is 22.8 Å². The Bertz CT molecular complexity index is 807. The summed E-state index contributed by atoms with van der Waals surface area (Å²) in [5.74, 6) is -1.52. The molecular formula is C15H14N4O3. The van der Waals surface area contributed by atoms with Crippen molar-refractivity contribution in [2.24, 2.45) is 0 Å². The fourth-order valence-electron chi connectivity index (χ4n) is 2.31. The molecule has 0 aliphatic carbocycles. The number of fused-ring (bicyclic) bond motifs is 1. The number of nitrogens with one attached hydrogen (secondary N) is 3. The van der Waals surface area contributed by atoms with Gasteiger partial charge in [0, 0.05) is 35.4 Å². The molecule has 1 amide bonds. The first-order valence-corrected chi connectivity index (χ1v) is 6.72. The van der Waals surface area contributed by atoms with Crippen LogP contribution in [0.25, 0.3) is 10.9 Å². The lowest BCUT2D eigenvalue weighted by Gasteiger charge is -2.13. The highest BCUT2D eigenvalue weighted by Crippen LogP contribution is 2.17. The SMILES string of the molecule is O=C(NC(Cc1cnc[nH]1)C(=O)O)c1c[nH]c2ccccc12. The molecule has 112 valence electrons. The molecule has 0 bridgehead atoms. The van der Waals surface area contributed by atoms with Crippen LogP contribution in [0.15, 0.2) is 43.0 Å². The van der Waals surface area contributed by atoms with E-state index in [2.05, 4.69) is 20.3 Å². The Morgan fingerprint density at radius 1 is 1.27 bits per heavy atom. The van der Waals surface area contributed by atoms with Gasteiger partial charge >= 0.3 is 5.97 Å². The number of hydrogen-bond donors (Lipinski definition) is 4. The quantitative estimate of drug-likeness (QED) is 0.569. The van der Waals surface area contributed by atoms with Crippen LogP contribution in [0.1, 0.15) is 16.1 Å². The Morgan fingerprint density at radius 3 is 2.82 bits per heavy atom. The van der Waals surface area contributed by atoms with Crippen LogP contribution in [0, 0.1) is 0 Å². The van der Waals surface area contributed by atoms with Crippen molar-refractivity contribution < 1.29 is 14.7 Å². The number of aromatic nitrogens is 3. The lowest BCUT2D eigenvalue weighted by molar-refractivity contribution is -0.139. The molecule has 1 unspecified atom stereocenters. The molecule has 0 saturated carbocycles. The maximum Gasteiger partial charge on any atom is 0.326 e. The van der Waals surface area contributed by atoms with Crippen LogP contribution in [0.5, 0.6) is 0 Å². The number of aromatic amines is 2. The number of aliphatic carboxylic acids is 1. The number of rotatable bonds is 5. The predicted molar refractivity (Wildman–Crippen MR) is 79.5 cm³/mol. The molecule has 1 aromatic carbocycles. The fraction of sp³-hybridized carbons (Fsp3) is 0.133. The van der Waals surface area contributed by atoms with Gasteiger partial charge < -0.3 is 20.4 Å². The first-order valence-electron chi connectivity index (χ1n) is 6.72. The molecule has 1 atom stereocenters. The molecule has 0 fully saturated rings.